The SMILES string of the molecule is O=C(Nc1n[c]nc2[nH]cnc12)OC(c1ccccc1)c1ccccc1. The maximum Gasteiger partial charge on any atom is 0.413 e. The summed E-state index contributed by atoms with van der Waals surface area (Å²) in [5, 5.41) is 2.62. The number of nitrogens with zero attached hydrogens (tertiary/aromatic N) is 3. The molecule has 0 unspecified atom stereocenters. The van der Waals surface area contributed by atoms with Crippen molar-refractivity contribution in [3.05, 3.63) is 84.4 Å². The van der Waals surface area contributed by atoms with E-state index in [1.807, 2.05) is 60.7 Å². The fourth-order valence-electron chi connectivity index (χ4n) is 2.63. The monoisotopic (exact) mass is 344 g/mol. The molecule has 0 aliphatic rings. The van der Waals surface area contributed by atoms with E-state index in [9.17, 15) is 4.79 Å². The number of H-pyrrole nitrogens is 1. The maximum absolute atomic E-state index is 12.5. The molecule has 2 heterocycles. The first kappa shape index (κ1) is 15.8. The summed E-state index contributed by atoms with van der Waals surface area (Å²) in [4.78, 5) is 27.3. The first-order valence-electron chi connectivity index (χ1n) is 7.96. The van der Waals surface area contributed by atoms with E-state index in [4.69, 9.17) is 4.74 Å². The number of aromatic nitrogens is 4. The normalized spacial score (nSPS) is 10.8. The zero-order valence-corrected chi connectivity index (χ0v) is 13.6. The molecule has 0 atom stereocenters. The minimum atomic E-state index is -0.640. The molecule has 0 saturated heterocycles. The average molecular weight is 344 g/mol. The van der Waals surface area contributed by atoms with E-state index in [1.54, 1.807) is 0 Å². The molecule has 0 bridgehead atoms. The number of carbonyl (C=O) groups excluding carboxylic acids is 1. The zero-order valence-electron chi connectivity index (χ0n) is 13.6. The molecular formula is C19H14N5O2. The molecular weight excluding hydrogens is 330 g/mol. The highest BCUT2D eigenvalue weighted by atomic mass is 16.6. The molecule has 4 rings (SSSR count). The van der Waals surface area contributed by atoms with Crippen LogP contribution in [0.4, 0.5) is 10.6 Å². The molecule has 7 heteroatoms. The maximum atomic E-state index is 12.5. The molecule has 26 heavy (non-hydrogen) atoms. The highest BCUT2D eigenvalue weighted by Gasteiger charge is 2.20. The summed E-state index contributed by atoms with van der Waals surface area (Å²) in [6.45, 7) is 0. The van der Waals surface area contributed by atoms with Crippen molar-refractivity contribution in [2.75, 3.05) is 5.32 Å². The van der Waals surface area contributed by atoms with Gasteiger partial charge < -0.3 is 9.72 Å². The van der Waals surface area contributed by atoms with Gasteiger partial charge in [0.25, 0.3) is 0 Å². The lowest BCUT2D eigenvalue weighted by atomic mass is 10.0. The smallest absolute Gasteiger partial charge is 0.413 e. The zero-order chi connectivity index (χ0) is 17.8. The van der Waals surface area contributed by atoms with Gasteiger partial charge >= 0.3 is 6.09 Å². The van der Waals surface area contributed by atoms with Gasteiger partial charge in [-0.25, -0.2) is 19.7 Å². The Labute approximate surface area is 149 Å². The molecule has 0 aliphatic heterocycles. The Bertz CT molecular complexity index is 978. The van der Waals surface area contributed by atoms with Crippen LogP contribution in [0, 0.1) is 6.33 Å². The highest BCUT2D eigenvalue weighted by molar-refractivity contribution is 5.93. The van der Waals surface area contributed by atoms with Crippen molar-refractivity contribution in [2.24, 2.45) is 0 Å². The van der Waals surface area contributed by atoms with Crippen molar-refractivity contribution in [1.29, 1.82) is 0 Å². The number of fused-ring (bicyclic) bond motifs is 1. The number of anilines is 1. The van der Waals surface area contributed by atoms with E-state index in [1.165, 1.54) is 6.33 Å². The van der Waals surface area contributed by atoms with Gasteiger partial charge in [-0.05, 0) is 11.1 Å². The summed E-state index contributed by atoms with van der Waals surface area (Å²) in [5.41, 5.74) is 2.66. The Kier molecular flexibility index (Phi) is 4.26. The second kappa shape index (κ2) is 7.02. The number of imidazole rings is 1. The highest BCUT2D eigenvalue weighted by Crippen LogP contribution is 2.26. The summed E-state index contributed by atoms with van der Waals surface area (Å²) in [5.74, 6) is 0.237. The Morgan fingerprint density at radius 1 is 1.00 bits per heavy atom. The number of aromatic amines is 1. The van der Waals surface area contributed by atoms with E-state index < -0.39 is 12.2 Å². The van der Waals surface area contributed by atoms with E-state index >= 15 is 0 Å². The average Bonchev–Trinajstić information content (AvgIpc) is 3.17. The molecule has 2 aromatic heterocycles. The van der Waals surface area contributed by atoms with Crippen molar-refractivity contribution < 1.29 is 9.53 Å². The second-order valence-electron chi connectivity index (χ2n) is 5.50. The largest absolute Gasteiger partial charge is 0.436 e. The molecule has 127 valence electrons. The van der Waals surface area contributed by atoms with Crippen LogP contribution in [0.15, 0.2) is 67.0 Å². The summed E-state index contributed by atoms with van der Waals surface area (Å²) < 4.78 is 5.69. The third kappa shape index (κ3) is 3.23. The minimum Gasteiger partial charge on any atom is -0.436 e. The van der Waals surface area contributed by atoms with Gasteiger partial charge in [-0.3, -0.25) is 5.32 Å². The quantitative estimate of drug-likeness (QED) is 0.591. The van der Waals surface area contributed by atoms with Crippen LogP contribution in [0.5, 0.6) is 0 Å². The number of nitrogens with one attached hydrogen (secondary N) is 2. The molecule has 7 nitrogen and oxygen atoms in total. The minimum absolute atomic E-state index is 0.237. The molecule has 4 aromatic rings. The van der Waals surface area contributed by atoms with Crippen LogP contribution in [0.25, 0.3) is 11.2 Å². The van der Waals surface area contributed by atoms with Gasteiger partial charge in [0.2, 0.25) is 6.33 Å². The van der Waals surface area contributed by atoms with Gasteiger partial charge in [-0.1, -0.05) is 60.7 Å². The molecule has 1 radical (unpaired) electrons. The van der Waals surface area contributed by atoms with Gasteiger partial charge in [0.1, 0.15) is 0 Å². The fraction of sp³-hybridized carbons (Fsp3) is 0.0526. The Balaban J connectivity index is 1.59. The van der Waals surface area contributed by atoms with Crippen LogP contribution in [0.2, 0.25) is 0 Å². The third-order valence-electron chi connectivity index (χ3n) is 3.82. The van der Waals surface area contributed by atoms with Crippen molar-refractivity contribution >= 4 is 23.1 Å². The third-order valence-corrected chi connectivity index (χ3v) is 3.82. The topological polar surface area (TPSA) is 92.8 Å². The number of benzene rings is 2. The van der Waals surface area contributed by atoms with E-state index in [0.29, 0.717) is 11.2 Å². The second-order valence-corrected chi connectivity index (χ2v) is 5.50. The summed E-state index contributed by atoms with van der Waals surface area (Å²) in [6.07, 6.45) is 2.76. The van der Waals surface area contributed by atoms with Gasteiger partial charge in [0.15, 0.2) is 23.1 Å². The van der Waals surface area contributed by atoms with Gasteiger partial charge in [0, 0.05) is 0 Å². The van der Waals surface area contributed by atoms with Crippen LogP contribution in [-0.2, 0) is 4.74 Å². The summed E-state index contributed by atoms with van der Waals surface area (Å²) in [7, 11) is 0. The van der Waals surface area contributed by atoms with Crippen LogP contribution >= 0.6 is 0 Å². The van der Waals surface area contributed by atoms with E-state index in [0.717, 1.165) is 11.1 Å². The van der Waals surface area contributed by atoms with Crippen molar-refractivity contribution in [3.63, 3.8) is 0 Å². The number of hydrogen-bond donors (Lipinski definition) is 2. The summed E-state index contributed by atoms with van der Waals surface area (Å²) >= 11 is 0. The Morgan fingerprint density at radius 2 is 1.65 bits per heavy atom. The standard InChI is InChI=1S/C19H14N5O2/c25-19(24-18-15-17(21-11-20-15)22-12-23-18)26-16(13-7-3-1-4-8-13)14-9-5-2-6-10-14/h1-11,16H,(H2,20,21,22,23,24,25). The van der Waals surface area contributed by atoms with Gasteiger partial charge in [-0.2, -0.15) is 0 Å². The van der Waals surface area contributed by atoms with Crippen LogP contribution in [-0.4, -0.2) is 26.0 Å². The number of amides is 1. The van der Waals surface area contributed by atoms with Crippen LogP contribution in [0.1, 0.15) is 17.2 Å². The fourth-order valence-corrected chi connectivity index (χ4v) is 2.63. The van der Waals surface area contributed by atoms with Crippen molar-refractivity contribution in [1.82, 2.24) is 19.9 Å². The molecule has 2 aromatic carbocycles. The number of rotatable bonds is 4. The molecule has 0 saturated carbocycles. The van der Waals surface area contributed by atoms with Crippen LogP contribution < -0.4 is 5.32 Å². The molecule has 0 fully saturated rings. The van der Waals surface area contributed by atoms with Crippen molar-refractivity contribution in [3.8, 4) is 0 Å². The van der Waals surface area contributed by atoms with E-state index in [2.05, 4.69) is 31.6 Å². The molecule has 1 amide bonds. The number of hydrogen-bond acceptors (Lipinski definition) is 5. The van der Waals surface area contributed by atoms with Crippen molar-refractivity contribution in [2.45, 2.75) is 6.10 Å². The lowest BCUT2D eigenvalue weighted by molar-refractivity contribution is 0.131. The summed E-state index contributed by atoms with van der Waals surface area (Å²) in [6, 6.07) is 19.1. The predicted octanol–water partition coefficient (Wildman–Crippen LogP) is 3.49. The predicted molar refractivity (Wildman–Crippen MR) is 95.4 cm³/mol. The number of carbonyl (C=O) groups is 1. The first-order valence-corrected chi connectivity index (χ1v) is 7.96. The lowest BCUT2D eigenvalue weighted by Crippen LogP contribution is -2.19. The molecule has 0 aliphatic carbocycles. The number of ether oxygens (including phenoxy) is 1. The van der Waals surface area contributed by atoms with Gasteiger partial charge in [0.05, 0.1) is 6.33 Å². The van der Waals surface area contributed by atoms with Gasteiger partial charge in [-0.15, -0.1) is 0 Å². The Morgan fingerprint density at radius 3 is 2.31 bits per heavy atom. The first-order chi connectivity index (χ1) is 12.8. The molecule has 2 N–H and O–H groups in total. The van der Waals surface area contributed by atoms with Crippen LogP contribution in [0.3, 0.4) is 0 Å². The Hall–Kier alpha value is -3.74. The molecule has 0 spiro atoms. The van der Waals surface area contributed by atoms with E-state index in [-0.39, 0.29) is 5.82 Å². The lowest BCUT2D eigenvalue weighted by Gasteiger charge is -2.19.